The van der Waals surface area contributed by atoms with Gasteiger partial charge in [-0.1, -0.05) is 11.6 Å². The first-order valence-corrected chi connectivity index (χ1v) is 5.06. The number of hydrogen-bond donors (Lipinski definition) is 0. The number of aromatic nitrogens is 2. The van der Waals surface area contributed by atoms with Gasteiger partial charge in [-0.05, 0) is 23.9 Å². The number of rotatable bonds is 1. The lowest BCUT2D eigenvalue weighted by Gasteiger charge is -1.99. The van der Waals surface area contributed by atoms with Crippen molar-refractivity contribution in [3.63, 3.8) is 0 Å². The second-order valence-corrected chi connectivity index (χ2v) is 3.90. The fourth-order valence-corrected chi connectivity index (χ4v) is 2.27. The molecular weight excluding hydrogens is 204 g/mol. The molecule has 0 bridgehead atoms. The Bertz CT molecular complexity index is 425. The van der Waals surface area contributed by atoms with Gasteiger partial charge in [0.05, 0.1) is 4.88 Å². The van der Waals surface area contributed by atoms with Gasteiger partial charge in [0.25, 0.3) is 0 Å². The molecule has 0 aliphatic carbocycles. The van der Waals surface area contributed by atoms with Crippen molar-refractivity contribution in [3.05, 3.63) is 34.6 Å². The SMILES string of the molecule is Cc1ccsc1-c1nccnc1Cl. The first kappa shape index (κ1) is 8.66. The molecule has 0 aliphatic rings. The van der Waals surface area contributed by atoms with E-state index in [1.807, 2.05) is 18.4 Å². The van der Waals surface area contributed by atoms with Gasteiger partial charge >= 0.3 is 0 Å². The molecule has 0 N–H and O–H groups in total. The summed E-state index contributed by atoms with van der Waals surface area (Å²) in [5.74, 6) is 0. The van der Waals surface area contributed by atoms with Gasteiger partial charge in [-0.3, -0.25) is 4.98 Å². The summed E-state index contributed by atoms with van der Waals surface area (Å²) in [6.45, 7) is 2.04. The Labute approximate surface area is 85.2 Å². The molecule has 2 rings (SSSR count). The standard InChI is InChI=1S/C9H7ClN2S/c1-6-2-5-13-8(6)7-9(10)12-4-3-11-7/h2-5H,1H3. The van der Waals surface area contributed by atoms with Crippen LogP contribution in [0.2, 0.25) is 5.15 Å². The quantitative estimate of drug-likeness (QED) is 0.723. The van der Waals surface area contributed by atoms with E-state index in [1.165, 1.54) is 5.56 Å². The summed E-state index contributed by atoms with van der Waals surface area (Å²) < 4.78 is 0. The third kappa shape index (κ3) is 1.57. The topological polar surface area (TPSA) is 25.8 Å². The van der Waals surface area contributed by atoms with Crippen molar-refractivity contribution >= 4 is 22.9 Å². The van der Waals surface area contributed by atoms with Gasteiger partial charge in [0, 0.05) is 12.4 Å². The van der Waals surface area contributed by atoms with E-state index in [0.29, 0.717) is 5.15 Å². The Kier molecular flexibility index (Phi) is 2.29. The van der Waals surface area contributed by atoms with E-state index in [0.717, 1.165) is 10.6 Å². The molecule has 0 radical (unpaired) electrons. The van der Waals surface area contributed by atoms with Crippen molar-refractivity contribution in [3.8, 4) is 10.6 Å². The molecule has 0 saturated heterocycles. The predicted molar refractivity (Wildman–Crippen MR) is 55.1 cm³/mol. The van der Waals surface area contributed by atoms with E-state index in [2.05, 4.69) is 9.97 Å². The van der Waals surface area contributed by atoms with Crippen molar-refractivity contribution in [2.75, 3.05) is 0 Å². The zero-order valence-corrected chi connectivity index (χ0v) is 8.56. The lowest BCUT2D eigenvalue weighted by molar-refractivity contribution is 1.21. The molecule has 0 atom stereocenters. The van der Waals surface area contributed by atoms with Gasteiger partial charge in [0.15, 0.2) is 5.15 Å². The van der Waals surface area contributed by atoms with Crippen LogP contribution in [0.4, 0.5) is 0 Å². The summed E-state index contributed by atoms with van der Waals surface area (Å²) in [5, 5.41) is 2.49. The Morgan fingerprint density at radius 3 is 2.69 bits per heavy atom. The van der Waals surface area contributed by atoms with Gasteiger partial charge in [-0.25, -0.2) is 4.98 Å². The first-order valence-electron chi connectivity index (χ1n) is 3.80. The predicted octanol–water partition coefficient (Wildman–Crippen LogP) is 3.17. The molecule has 0 fully saturated rings. The maximum atomic E-state index is 5.92. The van der Waals surface area contributed by atoms with Gasteiger partial charge in [-0.2, -0.15) is 0 Å². The molecule has 2 nitrogen and oxygen atoms in total. The zero-order chi connectivity index (χ0) is 9.26. The van der Waals surface area contributed by atoms with Crippen molar-refractivity contribution in [1.82, 2.24) is 9.97 Å². The molecule has 0 aromatic carbocycles. The van der Waals surface area contributed by atoms with Crippen LogP contribution in [-0.4, -0.2) is 9.97 Å². The minimum absolute atomic E-state index is 0.466. The van der Waals surface area contributed by atoms with E-state index in [9.17, 15) is 0 Å². The summed E-state index contributed by atoms with van der Waals surface area (Å²) in [7, 11) is 0. The number of thiophene rings is 1. The minimum atomic E-state index is 0.466. The van der Waals surface area contributed by atoms with Gasteiger partial charge < -0.3 is 0 Å². The highest BCUT2D eigenvalue weighted by Crippen LogP contribution is 2.30. The highest BCUT2D eigenvalue weighted by molar-refractivity contribution is 7.13. The zero-order valence-electron chi connectivity index (χ0n) is 6.99. The fraction of sp³-hybridized carbons (Fsp3) is 0.111. The molecule has 66 valence electrons. The molecule has 0 amide bonds. The van der Waals surface area contributed by atoms with Gasteiger partial charge in [0.2, 0.25) is 0 Å². The van der Waals surface area contributed by atoms with Crippen LogP contribution in [0.25, 0.3) is 10.6 Å². The van der Waals surface area contributed by atoms with E-state index < -0.39 is 0 Å². The largest absolute Gasteiger partial charge is 0.251 e. The number of aryl methyl sites for hydroxylation is 1. The highest BCUT2D eigenvalue weighted by atomic mass is 35.5. The Balaban J connectivity index is 2.59. The summed E-state index contributed by atoms with van der Waals surface area (Å²) in [6, 6.07) is 2.05. The lowest BCUT2D eigenvalue weighted by Crippen LogP contribution is -1.85. The molecule has 2 heterocycles. The lowest BCUT2D eigenvalue weighted by atomic mass is 10.2. The molecule has 0 unspecified atom stereocenters. The monoisotopic (exact) mass is 210 g/mol. The van der Waals surface area contributed by atoms with Crippen LogP contribution in [0.1, 0.15) is 5.56 Å². The van der Waals surface area contributed by atoms with Crippen LogP contribution in [0, 0.1) is 6.92 Å². The Morgan fingerprint density at radius 2 is 2.08 bits per heavy atom. The third-order valence-corrected chi connectivity index (χ3v) is 3.03. The minimum Gasteiger partial charge on any atom is -0.251 e. The van der Waals surface area contributed by atoms with Crippen molar-refractivity contribution in [2.24, 2.45) is 0 Å². The number of halogens is 1. The molecule has 4 heteroatoms. The van der Waals surface area contributed by atoms with E-state index in [4.69, 9.17) is 11.6 Å². The van der Waals surface area contributed by atoms with Crippen LogP contribution < -0.4 is 0 Å². The van der Waals surface area contributed by atoms with Gasteiger partial charge in [-0.15, -0.1) is 11.3 Å². The first-order chi connectivity index (χ1) is 6.29. The fourth-order valence-electron chi connectivity index (χ4n) is 1.09. The molecule has 13 heavy (non-hydrogen) atoms. The number of nitrogens with zero attached hydrogens (tertiary/aromatic N) is 2. The van der Waals surface area contributed by atoms with E-state index in [-0.39, 0.29) is 0 Å². The summed E-state index contributed by atoms with van der Waals surface area (Å²) in [4.78, 5) is 9.28. The average Bonchev–Trinajstić information content (AvgIpc) is 2.52. The van der Waals surface area contributed by atoms with Crippen LogP contribution in [-0.2, 0) is 0 Å². The van der Waals surface area contributed by atoms with Crippen molar-refractivity contribution in [2.45, 2.75) is 6.92 Å². The van der Waals surface area contributed by atoms with Crippen LogP contribution in [0.3, 0.4) is 0 Å². The molecule has 0 spiro atoms. The third-order valence-electron chi connectivity index (χ3n) is 1.73. The van der Waals surface area contributed by atoms with E-state index >= 15 is 0 Å². The molecule has 0 aliphatic heterocycles. The molecule has 2 aromatic heterocycles. The van der Waals surface area contributed by atoms with Crippen molar-refractivity contribution in [1.29, 1.82) is 0 Å². The average molecular weight is 211 g/mol. The van der Waals surface area contributed by atoms with E-state index in [1.54, 1.807) is 23.7 Å². The smallest absolute Gasteiger partial charge is 0.156 e. The highest BCUT2D eigenvalue weighted by Gasteiger charge is 2.08. The summed E-state index contributed by atoms with van der Waals surface area (Å²) >= 11 is 7.55. The number of hydrogen-bond acceptors (Lipinski definition) is 3. The Hall–Kier alpha value is -0.930. The van der Waals surface area contributed by atoms with Crippen LogP contribution in [0.5, 0.6) is 0 Å². The molecule has 2 aromatic rings. The van der Waals surface area contributed by atoms with Crippen molar-refractivity contribution < 1.29 is 0 Å². The molecular formula is C9H7ClN2S. The van der Waals surface area contributed by atoms with Crippen LogP contribution in [0.15, 0.2) is 23.8 Å². The molecule has 0 saturated carbocycles. The normalized spacial score (nSPS) is 10.3. The summed E-state index contributed by atoms with van der Waals surface area (Å²) in [5.41, 5.74) is 1.96. The Morgan fingerprint density at radius 1 is 1.31 bits per heavy atom. The van der Waals surface area contributed by atoms with Crippen LogP contribution >= 0.6 is 22.9 Å². The second kappa shape index (κ2) is 3.44. The maximum absolute atomic E-state index is 5.92. The summed E-state index contributed by atoms with van der Waals surface area (Å²) in [6.07, 6.45) is 3.25. The van der Waals surface area contributed by atoms with Gasteiger partial charge in [0.1, 0.15) is 5.69 Å². The maximum Gasteiger partial charge on any atom is 0.156 e. The second-order valence-electron chi connectivity index (χ2n) is 2.63.